The number of nitrogen functional groups attached to an aromatic ring is 1. The van der Waals surface area contributed by atoms with Crippen LogP contribution in [0.25, 0.3) is 11.2 Å². The van der Waals surface area contributed by atoms with Crippen molar-refractivity contribution in [1.82, 2.24) is 34.4 Å². The number of amides is 1. The Morgan fingerprint density at radius 3 is 3.03 bits per heavy atom. The molecule has 0 atom stereocenters. The molecule has 0 radical (unpaired) electrons. The maximum atomic E-state index is 14.4. The number of fused-ring (bicyclic) bond motifs is 2. The van der Waals surface area contributed by atoms with Gasteiger partial charge < -0.3 is 19.9 Å². The summed E-state index contributed by atoms with van der Waals surface area (Å²) in [6.45, 7) is 0.407. The van der Waals surface area contributed by atoms with Gasteiger partial charge in [-0.2, -0.15) is 4.68 Å². The number of H-pyrrole nitrogens is 1. The van der Waals surface area contributed by atoms with Gasteiger partial charge in [0, 0.05) is 18.6 Å². The van der Waals surface area contributed by atoms with Crippen molar-refractivity contribution in [2.24, 2.45) is 0 Å². The number of halogens is 2. The van der Waals surface area contributed by atoms with E-state index in [1.807, 2.05) is 16.7 Å². The third-order valence-electron chi connectivity index (χ3n) is 5.93. The average Bonchev–Trinajstić information content (AvgIpc) is 3.22. The van der Waals surface area contributed by atoms with Crippen molar-refractivity contribution in [2.75, 3.05) is 5.73 Å². The number of aromatic amines is 1. The molecular formula is C22H20ClFN9O+. The minimum absolute atomic E-state index is 0.00798. The lowest BCUT2D eigenvalue weighted by Crippen LogP contribution is -2.36. The molecule has 1 fully saturated rings. The Kier molecular flexibility index (Phi) is 4.73. The largest absolute Gasteiger partial charge is 0.396 e. The van der Waals surface area contributed by atoms with E-state index >= 15 is 0 Å². The van der Waals surface area contributed by atoms with Crippen LogP contribution in [-0.2, 0) is 13.1 Å². The summed E-state index contributed by atoms with van der Waals surface area (Å²) in [6, 6.07) is 3.44. The molecule has 4 N–H and O–H groups in total. The smallest absolute Gasteiger partial charge is 0.305 e. The molecule has 1 saturated carbocycles. The molecule has 1 aliphatic carbocycles. The molecule has 0 unspecified atom stereocenters. The van der Waals surface area contributed by atoms with Gasteiger partial charge in [-0.15, -0.1) is 0 Å². The summed E-state index contributed by atoms with van der Waals surface area (Å²) in [5, 5.41) is 9.57. The minimum atomic E-state index is -0.583. The van der Waals surface area contributed by atoms with E-state index in [0.29, 0.717) is 29.5 Å². The van der Waals surface area contributed by atoms with E-state index in [1.54, 1.807) is 17.1 Å². The first kappa shape index (κ1) is 20.6. The van der Waals surface area contributed by atoms with Crippen molar-refractivity contribution >= 4 is 34.4 Å². The van der Waals surface area contributed by atoms with Gasteiger partial charge in [-0.05, 0) is 36.5 Å². The molecule has 10 nitrogen and oxygen atoms in total. The molecule has 1 amide bonds. The van der Waals surface area contributed by atoms with Crippen LogP contribution in [0, 0.1) is 5.82 Å². The molecule has 5 aromatic heterocycles. The Bertz CT molecular complexity index is 1570. The number of nitrogens with one attached hydrogen (secondary N) is 2. The summed E-state index contributed by atoms with van der Waals surface area (Å²) in [7, 11) is 0. The van der Waals surface area contributed by atoms with Crippen LogP contribution in [-0.4, -0.2) is 35.0 Å². The second-order valence-electron chi connectivity index (χ2n) is 8.43. The summed E-state index contributed by atoms with van der Waals surface area (Å²) in [4.78, 5) is 21.4. The Balaban J connectivity index is 1.16. The Hall–Kier alpha value is -3.99. The molecule has 0 aromatic carbocycles. The number of imidazole rings is 2. The van der Waals surface area contributed by atoms with Crippen LogP contribution in [0.15, 0.2) is 43.2 Å². The van der Waals surface area contributed by atoms with Crippen molar-refractivity contribution in [3.05, 3.63) is 76.7 Å². The Morgan fingerprint density at radius 1 is 1.35 bits per heavy atom. The fourth-order valence-electron chi connectivity index (χ4n) is 4.07. The Labute approximate surface area is 197 Å². The van der Waals surface area contributed by atoms with Crippen LogP contribution < -0.4 is 15.7 Å². The molecule has 1 aliphatic rings. The molecule has 0 bridgehead atoms. The van der Waals surface area contributed by atoms with Gasteiger partial charge in [0.05, 0.1) is 34.4 Å². The zero-order valence-corrected chi connectivity index (χ0v) is 18.6. The molecule has 0 spiro atoms. The maximum absolute atomic E-state index is 14.4. The quantitative estimate of drug-likeness (QED) is 0.322. The summed E-state index contributed by atoms with van der Waals surface area (Å²) in [6.07, 6.45) is 11.0. The zero-order valence-electron chi connectivity index (χ0n) is 17.9. The van der Waals surface area contributed by atoms with Gasteiger partial charge in [0.25, 0.3) is 0 Å². The monoisotopic (exact) mass is 480 g/mol. The van der Waals surface area contributed by atoms with Crippen molar-refractivity contribution in [3.8, 4) is 0 Å². The summed E-state index contributed by atoms with van der Waals surface area (Å²) in [5.74, 6) is -0.415. The topological polar surface area (TPSA) is 122 Å². The van der Waals surface area contributed by atoms with Gasteiger partial charge in [-0.3, -0.25) is 4.79 Å². The third-order valence-corrected chi connectivity index (χ3v) is 6.22. The summed E-state index contributed by atoms with van der Waals surface area (Å²) < 4.78 is 19.5. The second-order valence-corrected chi connectivity index (χ2v) is 8.83. The van der Waals surface area contributed by atoms with Crippen LogP contribution in [0.4, 0.5) is 10.1 Å². The molecule has 0 saturated heterocycles. The van der Waals surface area contributed by atoms with Crippen molar-refractivity contribution in [2.45, 2.75) is 31.8 Å². The number of carbonyl (C=O) groups is 1. The van der Waals surface area contributed by atoms with Crippen molar-refractivity contribution in [3.63, 3.8) is 0 Å². The van der Waals surface area contributed by atoms with Crippen LogP contribution in [0.2, 0.25) is 5.02 Å². The third kappa shape index (κ3) is 3.63. The summed E-state index contributed by atoms with van der Waals surface area (Å²) >= 11 is 5.87. The maximum Gasteiger partial charge on any atom is 0.305 e. The second kappa shape index (κ2) is 7.80. The predicted molar refractivity (Wildman–Crippen MR) is 121 cm³/mol. The predicted octanol–water partition coefficient (Wildman–Crippen LogP) is 2.22. The van der Waals surface area contributed by atoms with Gasteiger partial charge in [-0.1, -0.05) is 16.8 Å². The lowest BCUT2D eigenvalue weighted by molar-refractivity contribution is -0.746. The molecule has 6 rings (SSSR count). The molecule has 0 aliphatic heterocycles. The normalized spacial score (nSPS) is 13.7. The molecule has 34 heavy (non-hydrogen) atoms. The van der Waals surface area contributed by atoms with Crippen LogP contribution >= 0.6 is 11.6 Å². The van der Waals surface area contributed by atoms with Gasteiger partial charge in [-0.25, -0.2) is 14.4 Å². The van der Waals surface area contributed by atoms with E-state index in [-0.39, 0.29) is 22.8 Å². The molecular weight excluding hydrogens is 461 g/mol. The van der Waals surface area contributed by atoms with Gasteiger partial charge >= 0.3 is 11.6 Å². The van der Waals surface area contributed by atoms with E-state index < -0.39 is 11.7 Å². The number of rotatable bonds is 6. The SMILES string of the molecule is Nc1cc(C2CC2)cn2cc(C[n+]3cc(C(=O)NCc4ncn5ccc(Cl)c(F)c45)n[nH]3)nc12. The van der Waals surface area contributed by atoms with E-state index in [2.05, 4.69) is 31.8 Å². The highest BCUT2D eigenvalue weighted by Gasteiger charge is 2.25. The number of hydrogen-bond donors (Lipinski definition) is 3. The standard InChI is InChI=1S/C22H19ClFN9O/c23-15-3-4-31-11-27-17(20(31)19(15)24)6-26-22(34)18-10-33(30-29-18)9-14-8-32-7-13(12-1-2-12)5-16(25)21(32)28-14/h3-5,7-8,10-12H,1-2,6,9,25H2,(H,26,34)/p+1. The Morgan fingerprint density at radius 2 is 2.21 bits per heavy atom. The summed E-state index contributed by atoms with van der Waals surface area (Å²) in [5.41, 5.74) is 10.3. The average molecular weight is 481 g/mol. The highest BCUT2D eigenvalue weighted by molar-refractivity contribution is 6.31. The van der Waals surface area contributed by atoms with E-state index in [9.17, 15) is 9.18 Å². The fourth-order valence-corrected chi connectivity index (χ4v) is 4.22. The fraction of sp³-hybridized carbons (Fsp3) is 0.227. The molecule has 12 heteroatoms. The first-order valence-electron chi connectivity index (χ1n) is 10.8. The highest BCUT2D eigenvalue weighted by Crippen LogP contribution is 2.40. The van der Waals surface area contributed by atoms with Gasteiger partial charge in [0.2, 0.25) is 0 Å². The van der Waals surface area contributed by atoms with Crippen molar-refractivity contribution in [1.29, 1.82) is 0 Å². The zero-order chi connectivity index (χ0) is 23.4. The first-order chi connectivity index (χ1) is 16.5. The lowest BCUT2D eigenvalue weighted by Gasteiger charge is -2.02. The number of pyridine rings is 2. The number of nitrogens with zero attached hydrogens (tertiary/aromatic N) is 6. The highest BCUT2D eigenvalue weighted by atomic mass is 35.5. The number of nitrogens with two attached hydrogens (primary N) is 1. The van der Waals surface area contributed by atoms with Crippen LogP contribution in [0.1, 0.15) is 46.2 Å². The lowest BCUT2D eigenvalue weighted by atomic mass is 10.2. The molecule has 172 valence electrons. The number of aromatic nitrogens is 7. The van der Waals surface area contributed by atoms with Crippen LogP contribution in [0.5, 0.6) is 0 Å². The van der Waals surface area contributed by atoms with E-state index in [4.69, 9.17) is 17.3 Å². The number of hydrogen-bond acceptors (Lipinski definition) is 5. The first-order valence-corrected chi connectivity index (χ1v) is 11.1. The van der Waals surface area contributed by atoms with E-state index in [0.717, 1.165) is 5.69 Å². The molecule has 5 heterocycles. The minimum Gasteiger partial charge on any atom is -0.396 e. The number of anilines is 1. The van der Waals surface area contributed by atoms with Gasteiger partial charge in [0.15, 0.2) is 24.2 Å². The van der Waals surface area contributed by atoms with E-state index in [1.165, 1.54) is 35.2 Å². The molecule has 5 aromatic rings. The number of carbonyl (C=O) groups excluding carboxylic acids is 1. The van der Waals surface area contributed by atoms with Gasteiger partial charge in [0.1, 0.15) is 11.2 Å². The van der Waals surface area contributed by atoms with Crippen LogP contribution in [0.3, 0.4) is 0 Å². The van der Waals surface area contributed by atoms with Crippen molar-refractivity contribution < 1.29 is 13.9 Å².